The number of benzene rings is 3. The first-order valence-corrected chi connectivity index (χ1v) is 12.4. The summed E-state index contributed by atoms with van der Waals surface area (Å²) in [5.74, 6) is -0.692. The molecule has 0 saturated carbocycles. The van der Waals surface area contributed by atoms with Crippen LogP contribution < -0.4 is 10.0 Å². The predicted molar refractivity (Wildman–Crippen MR) is 128 cm³/mol. The third-order valence-corrected chi connectivity index (χ3v) is 7.89. The Morgan fingerprint density at radius 2 is 1.76 bits per heavy atom. The molecule has 168 valence electrons. The Hall–Kier alpha value is -3.29. The molecule has 33 heavy (non-hydrogen) atoms. The van der Waals surface area contributed by atoms with Gasteiger partial charge in [-0.05, 0) is 78.1 Å². The third kappa shape index (κ3) is 4.10. The molecule has 1 heterocycles. The zero-order chi connectivity index (χ0) is 23.2. The number of fused-ring (bicyclic) bond motifs is 3. The predicted octanol–water partition coefficient (Wildman–Crippen LogP) is 5.67. The highest BCUT2D eigenvalue weighted by molar-refractivity contribution is 7.92. The van der Waals surface area contributed by atoms with Crippen molar-refractivity contribution < 1.29 is 18.3 Å². The summed E-state index contributed by atoms with van der Waals surface area (Å²) in [5, 5.41) is 13.3. The molecule has 0 spiro atoms. The molecule has 1 aliphatic heterocycles. The maximum Gasteiger partial charge on any atom is 0.335 e. The number of hydrogen-bond donors (Lipinski definition) is 3. The molecule has 0 unspecified atom stereocenters. The molecular formula is C25H21ClN2O4S. The standard InChI is InChI=1S/C25H21ClN2O4S/c26-17-8-4-15(5-9-17)24-21-3-1-2-20(21)22-14-19(12-13-23(22)27-24)33(31,32)28-18-10-6-16(7-11-18)25(29)30/h1-2,4-14,20-21,24,27-28H,3H2,(H,29,30)/t20-,21+,24-/m0/s1. The molecule has 0 saturated heterocycles. The van der Waals surface area contributed by atoms with Crippen LogP contribution >= 0.6 is 11.6 Å². The monoisotopic (exact) mass is 480 g/mol. The number of halogens is 1. The van der Waals surface area contributed by atoms with Crippen LogP contribution in [0.1, 0.15) is 39.9 Å². The first-order valence-electron chi connectivity index (χ1n) is 10.5. The van der Waals surface area contributed by atoms with Crippen molar-refractivity contribution in [2.75, 3.05) is 10.0 Å². The second-order valence-corrected chi connectivity index (χ2v) is 10.4. The van der Waals surface area contributed by atoms with Crippen LogP contribution in [0.15, 0.2) is 83.8 Å². The SMILES string of the molecule is O=C(O)c1ccc(NS(=O)(=O)c2ccc3c(c2)[C@H]2C=CC[C@H]2[C@H](c2ccc(Cl)cc2)N3)cc1. The molecule has 8 heteroatoms. The van der Waals surface area contributed by atoms with Gasteiger partial charge in [-0.15, -0.1) is 0 Å². The second kappa shape index (κ2) is 8.24. The van der Waals surface area contributed by atoms with Gasteiger partial charge in [-0.1, -0.05) is 35.9 Å². The summed E-state index contributed by atoms with van der Waals surface area (Å²) in [6, 6.07) is 18.6. The zero-order valence-electron chi connectivity index (χ0n) is 17.4. The van der Waals surface area contributed by atoms with Crippen LogP contribution in [0.5, 0.6) is 0 Å². The van der Waals surface area contributed by atoms with Crippen molar-refractivity contribution in [3.05, 3.63) is 101 Å². The largest absolute Gasteiger partial charge is 0.478 e. The molecule has 6 nitrogen and oxygen atoms in total. The van der Waals surface area contributed by atoms with Crippen molar-refractivity contribution in [2.45, 2.75) is 23.3 Å². The molecule has 5 rings (SSSR count). The fourth-order valence-electron chi connectivity index (χ4n) is 4.63. The van der Waals surface area contributed by atoms with Crippen LogP contribution in [-0.4, -0.2) is 19.5 Å². The maximum absolute atomic E-state index is 13.0. The third-order valence-electron chi connectivity index (χ3n) is 6.26. The molecule has 2 aliphatic rings. The van der Waals surface area contributed by atoms with Crippen LogP contribution in [0.3, 0.4) is 0 Å². The number of carboxylic acid groups (broad SMARTS) is 1. The van der Waals surface area contributed by atoms with Gasteiger partial charge in [0, 0.05) is 22.3 Å². The van der Waals surface area contributed by atoms with Crippen LogP contribution in [-0.2, 0) is 10.0 Å². The van der Waals surface area contributed by atoms with Crippen LogP contribution in [0.25, 0.3) is 0 Å². The number of sulfonamides is 1. The average molecular weight is 481 g/mol. The van der Waals surface area contributed by atoms with Gasteiger partial charge in [-0.2, -0.15) is 0 Å². The van der Waals surface area contributed by atoms with Gasteiger partial charge in [-0.3, -0.25) is 4.72 Å². The fourth-order valence-corrected chi connectivity index (χ4v) is 5.85. The Balaban J connectivity index is 1.45. The maximum atomic E-state index is 13.0. The Morgan fingerprint density at radius 1 is 1.03 bits per heavy atom. The molecule has 0 bridgehead atoms. The van der Waals surface area contributed by atoms with Crippen molar-refractivity contribution >= 4 is 39.0 Å². The van der Waals surface area contributed by atoms with E-state index < -0.39 is 16.0 Å². The minimum absolute atomic E-state index is 0.0899. The fraction of sp³-hybridized carbons (Fsp3) is 0.160. The van der Waals surface area contributed by atoms with Crippen molar-refractivity contribution in [3.8, 4) is 0 Å². The van der Waals surface area contributed by atoms with Crippen molar-refractivity contribution in [1.82, 2.24) is 0 Å². The van der Waals surface area contributed by atoms with E-state index in [0.29, 0.717) is 10.7 Å². The topological polar surface area (TPSA) is 95.5 Å². The second-order valence-electron chi connectivity index (χ2n) is 8.26. The molecule has 0 aromatic heterocycles. The number of nitrogens with one attached hydrogen (secondary N) is 2. The van der Waals surface area contributed by atoms with E-state index in [1.807, 2.05) is 30.3 Å². The summed E-state index contributed by atoms with van der Waals surface area (Å²) in [6.07, 6.45) is 5.20. The van der Waals surface area contributed by atoms with Crippen LogP contribution in [0, 0.1) is 5.92 Å². The van der Waals surface area contributed by atoms with Crippen molar-refractivity contribution in [3.63, 3.8) is 0 Å². The van der Waals surface area contributed by atoms with Crippen molar-refractivity contribution in [1.29, 1.82) is 0 Å². The number of carbonyl (C=O) groups is 1. The number of aromatic carboxylic acids is 1. The van der Waals surface area contributed by atoms with E-state index in [4.69, 9.17) is 16.7 Å². The van der Waals surface area contributed by atoms with E-state index >= 15 is 0 Å². The highest BCUT2D eigenvalue weighted by atomic mass is 35.5. The highest BCUT2D eigenvalue weighted by Crippen LogP contribution is 2.50. The number of anilines is 2. The minimum Gasteiger partial charge on any atom is -0.478 e. The van der Waals surface area contributed by atoms with E-state index in [1.165, 1.54) is 24.3 Å². The van der Waals surface area contributed by atoms with Gasteiger partial charge in [0.25, 0.3) is 10.0 Å². The van der Waals surface area contributed by atoms with Gasteiger partial charge in [0.05, 0.1) is 16.5 Å². The van der Waals surface area contributed by atoms with E-state index in [0.717, 1.165) is 23.2 Å². The molecule has 0 fully saturated rings. The lowest BCUT2D eigenvalue weighted by atomic mass is 9.77. The van der Waals surface area contributed by atoms with E-state index in [1.54, 1.807) is 12.1 Å². The molecule has 0 amide bonds. The first kappa shape index (κ1) is 21.6. The zero-order valence-corrected chi connectivity index (χ0v) is 19.0. The Morgan fingerprint density at radius 3 is 2.45 bits per heavy atom. The summed E-state index contributed by atoms with van der Waals surface area (Å²) >= 11 is 6.06. The molecule has 3 atom stereocenters. The quantitative estimate of drug-likeness (QED) is 0.409. The molecular weight excluding hydrogens is 460 g/mol. The van der Waals surface area contributed by atoms with Crippen molar-refractivity contribution in [2.24, 2.45) is 5.92 Å². The molecule has 3 aromatic rings. The first-order chi connectivity index (χ1) is 15.8. The Bertz CT molecular complexity index is 1350. The molecule has 0 radical (unpaired) electrons. The number of rotatable bonds is 5. The summed E-state index contributed by atoms with van der Waals surface area (Å²) in [4.78, 5) is 11.2. The van der Waals surface area contributed by atoms with Gasteiger partial charge in [0.2, 0.25) is 0 Å². The number of hydrogen-bond acceptors (Lipinski definition) is 4. The van der Waals surface area contributed by atoms with Gasteiger partial charge in [0.1, 0.15) is 0 Å². The normalized spacial score (nSPS) is 21.1. The van der Waals surface area contributed by atoms with Gasteiger partial charge < -0.3 is 10.4 Å². The van der Waals surface area contributed by atoms with Gasteiger partial charge in [-0.25, -0.2) is 13.2 Å². The van der Waals surface area contributed by atoms with Gasteiger partial charge >= 0.3 is 5.97 Å². The lowest BCUT2D eigenvalue weighted by Gasteiger charge is -2.37. The Kier molecular flexibility index (Phi) is 5.38. The van der Waals surface area contributed by atoms with Crippen LogP contribution in [0.2, 0.25) is 5.02 Å². The highest BCUT2D eigenvalue weighted by Gasteiger charge is 2.38. The molecule has 3 aromatic carbocycles. The summed E-state index contributed by atoms with van der Waals surface area (Å²) in [5.41, 5.74) is 3.40. The lowest BCUT2D eigenvalue weighted by Crippen LogP contribution is -2.29. The molecule has 3 N–H and O–H groups in total. The van der Waals surface area contributed by atoms with E-state index in [-0.39, 0.29) is 28.3 Å². The number of carboxylic acids is 1. The summed E-state index contributed by atoms with van der Waals surface area (Å²) in [6.45, 7) is 0. The van der Waals surface area contributed by atoms with E-state index in [9.17, 15) is 13.2 Å². The number of allylic oxidation sites excluding steroid dienone is 2. The van der Waals surface area contributed by atoms with Crippen LogP contribution in [0.4, 0.5) is 11.4 Å². The molecule has 1 aliphatic carbocycles. The lowest BCUT2D eigenvalue weighted by molar-refractivity contribution is 0.0697. The Labute approximate surface area is 197 Å². The minimum atomic E-state index is -3.84. The smallest absolute Gasteiger partial charge is 0.335 e. The van der Waals surface area contributed by atoms with Gasteiger partial charge in [0.15, 0.2) is 0 Å². The summed E-state index contributed by atoms with van der Waals surface area (Å²) in [7, 11) is -3.84. The summed E-state index contributed by atoms with van der Waals surface area (Å²) < 4.78 is 28.6. The average Bonchev–Trinajstić information content (AvgIpc) is 3.29. The van der Waals surface area contributed by atoms with E-state index in [2.05, 4.69) is 22.2 Å².